The lowest BCUT2D eigenvalue weighted by molar-refractivity contribution is -0.137. The van der Waals surface area contributed by atoms with Crippen molar-refractivity contribution in [2.75, 3.05) is 13.1 Å². The third-order valence-electron chi connectivity index (χ3n) is 5.22. The van der Waals surface area contributed by atoms with Crippen molar-refractivity contribution < 1.29 is 22.7 Å². The minimum Gasteiger partial charge on any atom is -0.471 e. The highest BCUT2D eigenvalue weighted by atomic mass is 35.5. The van der Waals surface area contributed by atoms with Crippen LogP contribution in [0.3, 0.4) is 0 Å². The van der Waals surface area contributed by atoms with Crippen LogP contribution >= 0.6 is 11.6 Å². The van der Waals surface area contributed by atoms with Crippen molar-refractivity contribution in [1.29, 1.82) is 5.26 Å². The highest BCUT2D eigenvalue weighted by Gasteiger charge is 2.50. The van der Waals surface area contributed by atoms with Crippen molar-refractivity contribution in [3.63, 3.8) is 0 Å². The molecule has 2 N–H and O–H groups in total. The Hall–Kier alpha value is -2.90. The maximum absolute atomic E-state index is 13.2. The van der Waals surface area contributed by atoms with E-state index in [0.29, 0.717) is 31.5 Å². The number of nitrogens with zero attached hydrogens (tertiary/aromatic N) is 3. The van der Waals surface area contributed by atoms with Crippen LogP contribution in [0.25, 0.3) is 11.4 Å². The van der Waals surface area contributed by atoms with Gasteiger partial charge in [-0.2, -0.15) is 23.4 Å². The van der Waals surface area contributed by atoms with Crippen LogP contribution in [0.1, 0.15) is 24.0 Å². The fraction of sp³-hybridized carbons (Fsp3) is 0.400. The van der Waals surface area contributed by atoms with Gasteiger partial charge in [-0.25, -0.2) is 4.98 Å². The fourth-order valence-electron chi connectivity index (χ4n) is 3.00. The molecule has 4 rings (SSSR count). The molecule has 0 bridgehead atoms. The third-order valence-corrected chi connectivity index (χ3v) is 5.54. The topological polar surface area (TPSA) is 99.9 Å². The summed E-state index contributed by atoms with van der Waals surface area (Å²) in [6.45, 7) is 1.23. The van der Waals surface area contributed by atoms with E-state index in [1.54, 1.807) is 0 Å². The summed E-state index contributed by atoms with van der Waals surface area (Å²) in [4.78, 5) is 20.7. The Morgan fingerprint density at radius 2 is 2.13 bits per heavy atom. The molecular formula is C20H17ClF3N5O2. The Bertz CT molecular complexity index is 1060. The summed E-state index contributed by atoms with van der Waals surface area (Å²) in [6, 6.07) is 5.45. The molecule has 0 radical (unpaired) electrons. The predicted octanol–water partition coefficient (Wildman–Crippen LogP) is 3.09. The van der Waals surface area contributed by atoms with Crippen molar-refractivity contribution in [2.24, 2.45) is 5.41 Å². The summed E-state index contributed by atoms with van der Waals surface area (Å²) in [5, 5.41) is 14.5. The number of hydrogen-bond acceptors (Lipinski definition) is 6. The number of carbonyl (C=O) groups is 1. The molecule has 7 nitrogen and oxygen atoms in total. The van der Waals surface area contributed by atoms with Crippen LogP contribution < -0.4 is 15.4 Å². The number of hydrogen-bond donors (Lipinski definition) is 2. The number of benzene rings is 1. The van der Waals surface area contributed by atoms with Gasteiger partial charge in [0.2, 0.25) is 11.8 Å². The number of alkyl halides is 3. The first kappa shape index (κ1) is 21.3. The van der Waals surface area contributed by atoms with Crippen LogP contribution in [0.5, 0.6) is 5.88 Å². The molecule has 162 valence electrons. The summed E-state index contributed by atoms with van der Waals surface area (Å²) in [6.07, 6.45) is -2.34. The van der Waals surface area contributed by atoms with Crippen LogP contribution in [-0.4, -0.2) is 35.1 Å². The molecule has 2 aromatic rings. The minimum atomic E-state index is -4.62. The molecule has 2 fully saturated rings. The fourth-order valence-corrected chi connectivity index (χ4v) is 3.22. The van der Waals surface area contributed by atoms with E-state index in [4.69, 9.17) is 21.6 Å². The van der Waals surface area contributed by atoms with Gasteiger partial charge >= 0.3 is 6.18 Å². The summed E-state index contributed by atoms with van der Waals surface area (Å²) >= 11 is 5.69. The second-order valence-electron chi connectivity index (χ2n) is 7.49. The molecule has 0 spiro atoms. The first-order valence-electron chi connectivity index (χ1n) is 9.52. The van der Waals surface area contributed by atoms with E-state index in [0.717, 1.165) is 12.1 Å². The zero-order chi connectivity index (χ0) is 22.2. The Morgan fingerprint density at radius 3 is 2.71 bits per heavy atom. The molecule has 2 heterocycles. The zero-order valence-corrected chi connectivity index (χ0v) is 16.8. The molecule has 1 aliphatic heterocycles. The van der Waals surface area contributed by atoms with Crippen molar-refractivity contribution in [2.45, 2.75) is 31.7 Å². The lowest BCUT2D eigenvalue weighted by Gasteiger charge is -2.28. The number of rotatable bonds is 6. The van der Waals surface area contributed by atoms with E-state index in [9.17, 15) is 18.0 Å². The Morgan fingerprint density at radius 1 is 1.39 bits per heavy atom. The highest BCUT2D eigenvalue weighted by Crippen LogP contribution is 2.45. The summed E-state index contributed by atoms with van der Waals surface area (Å²) in [5.41, 5.74) is -1.37. The molecule has 2 aliphatic rings. The molecule has 1 aliphatic carbocycles. The van der Waals surface area contributed by atoms with Crippen LogP contribution in [0.4, 0.5) is 13.2 Å². The zero-order valence-electron chi connectivity index (χ0n) is 16.1. The van der Waals surface area contributed by atoms with Crippen molar-refractivity contribution in [3.8, 4) is 23.3 Å². The van der Waals surface area contributed by atoms with E-state index >= 15 is 0 Å². The van der Waals surface area contributed by atoms with Crippen molar-refractivity contribution in [3.05, 3.63) is 40.5 Å². The van der Waals surface area contributed by atoms with Gasteiger partial charge in [0.25, 0.3) is 0 Å². The maximum atomic E-state index is 13.2. The standard InChI is InChI=1S/C20H17ClF3N5O2/c21-15-2-1-11(5-14(15)20(22,23)24)16-27-6-12(17(29-16)31-13-8-26-9-13)7-28-18(30)19(10-25)3-4-19/h1-2,5-6,13,26H,3-4,7-9H2,(H,28,30). The molecule has 31 heavy (non-hydrogen) atoms. The number of amides is 1. The Kier molecular flexibility index (Phi) is 5.49. The maximum Gasteiger partial charge on any atom is 0.417 e. The number of ether oxygens (including phenoxy) is 1. The van der Waals surface area contributed by atoms with E-state index in [2.05, 4.69) is 20.6 Å². The van der Waals surface area contributed by atoms with Gasteiger partial charge < -0.3 is 15.4 Å². The van der Waals surface area contributed by atoms with Crippen LogP contribution in [0.2, 0.25) is 5.02 Å². The Balaban J connectivity index is 1.61. The first-order chi connectivity index (χ1) is 14.7. The van der Waals surface area contributed by atoms with Crippen molar-refractivity contribution in [1.82, 2.24) is 20.6 Å². The summed E-state index contributed by atoms with van der Waals surface area (Å²) < 4.78 is 45.4. The number of carbonyl (C=O) groups excluding carboxylic acids is 1. The predicted molar refractivity (Wildman–Crippen MR) is 104 cm³/mol. The summed E-state index contributed by atoms with van der Waals surface area (Å²) in [5.74, 6) is -0.166. The second kappa shape index (κ2) is 7.98. The molecule has 1 saturated heterocycles. The number of aromatic nitrogens is 2. The van der Waals surface area contributed by atoms with Gasteiger partial charge in [-0.1, -0.05) is 11.6 Å². The molecule has 1 aromatic carbocycles. The van der Waals surface area contributed by atoms with E-state index in [-0.39, 0.29) is 35.8 Å². The van der Waals surface area contributed by atoms with Gasteiger partial charge in [0, 0.05) is 31.4 Å². The van der Waals surface area contributed by atoms with Gasteiger partial charge in [-0.15, -0.1) is 0 Å². The average molecular weight is 452 g/mol. The van der Waals surface area contributed by atoms with E-state index in [1.165, 1.54) is 12.3 Å². The molecule has 1 aromatic heterocycles. The molecular weight excluding hydrogens is 435 g/mol. The summed E-state index contributed by atoms with van der Waals surface area (Å²) in [7, 11) is 0. The molecule has 1 saturated carbocycles. The third kappa shape index (κ3) is 4.43. The molecule has 11 heteroatoms. The van der Waals surface area contributed by atoms with E-state index in [1.807, 2.05) is 6.07 Å². The van der Waals surface area contributed by atoms with Crippen molar-refractivity contribution >= 4 is 17.5 Å². The second-order valence-corrected chi connectivity index (χ2v) is 7.90. The van der Waals surface area contributed by atoms with Crippen LogP contribution in [0, 0.1) is 16.7 Å². The number of nitriles is 1. The highest BCUT2D eigenvalue weighted by molar-refractivity contribution is 6.31. The van der Waals surface area contributed by atoms with Crippen LogP contribution in [-0.2, 0) is 17.5 Å². The average Bonchev–Trinajstić information content (AvgIpc) is 3.50. The number of halogens is 4. The van der Waals surface area contributed by atoms with Gasteiger partial charge in [0.05, 0.1) is 22.2 Å². The smallest absolute Gasteiger partial charge is 0.417 e. The molecule has 0 unspecified atom stereocenters. The van der Waals surface area contributed by atoms with Gasteiger partial charge in [0.1, 0.15) is 11.5 Å². The Labute approximate surface area is 180 Å². The lowest BCUT2D eigenvalue weighted by Crippen LogP contribution is -2.50. The van der Waals surface area contributed by atoms with Gasteiger partial charge in [0.15, 0.2) is 5.82 Å². The van der Waals surface area contributed by atoms with E-state index < -0.39 is 22.2 Å². The number of nitrogens with one attached hydrogen (secondary N) is 2. The van der Waals surface area contributed by atoms with Crippen LogP contribution in [0.15, 0.2) is 24.4 Å². The SMILES string of the molecule is N#CC1(C(=O)NCc2cnc(-c3ccc(Cl)c(C(F)(F)F)c3)nc2OC2CNC2)CC1. The largest absolute Gasteiger partial charge is 0.471 e. The van der Waals surface area contributed by atoms with Gasteiger partial charge in [-0.3, -0.25) is 4.79 Å². The minimum absolute atomic E-state index is 0.0342. The van der Waals surface area contributed by atoms with Gasteiger partial charge in [-0.05, 0) is 31.0 Å². The molecule has 1 amide bonds. The molecule has 0 atom stereocenters. The quantitative estimate of drug-likeness (QED) is 0.700. The monoisotopic (exact) mass is 451 g/mol. The normalized spacial score (nSPS) is 17.4. The first-order valence-corrected chi connectivity index (χ1v) is 9.89. The lowest BCUT2D eigenvalue weighted by atomic mass is 10.1.